The molecule has 7 nitrogen and oxygen atoms in total. The Morgan fingerprint density at radius 3 is 3.10 bits per heavy atom. The molecule has 1 aliphatic heterocycles. The zero-order valence-electron chi connectivity index (χ0n) is 16.3. The number of carbonyl (C=O) groups is 1. The normalized spacial score (nSPS) is 17.2. The smallest absolute Gasteiger partial charge is 0.252 e. The summed E-state index contributed by atoms with van der Waals surface area (Å²) in [6.45, 7) is 1.58. The van der Waals surface area contributed by atoms with Crippen molar-refractivity contribution in [1.82, 2.24) is 29.5 Å². The van der Waals surface area contributed by atoms with Gasteiger partial charge < -0.3 is 9.88 Å². The van der Waals surface area contributed by atoms with E-state index in [1.54, 1.807) is 10.7 Å². The lowest BCUT2D eigenvalue weighted by Crippen LogP contribution is -2.39. The van der Waals surface area contributed by atoms with Gasteiger partial charge in [0.2, 0.25) is 5.91 Å². The summed E-state index contributed by atoms with van der Waals surface area (Å²) in [5.74, 6) is 1.14. The molecule has 3 aromatic heterocycles. The third kappa shape index (κ3) is 3.48. The third-order valence-electron chi connectivity index (χ3n) is 5.91. The largest absolute Gasteiger partial charge is 0.361 e. The monoisotopic (exact) mass is 388 g/mol. The second kappa shape index (κ2) is 7.66. The summed E-state index contributed by atoms with van der Waals surface area (Å²) in [4.78, 5) is 26.6. The van der Waals surface area contributed by atoms with Crippen molar-refractivity contribution in [3.63, 3.8) is 0 Å². The van der Waals surface area contributed by atoms with Crippen molar-refractivity contribution in [2.24, 2.45) is 0 Å². The highest BCUT2D eigenvalue weighted by Gasteiger charge is 2.26. The first-order chi connectivity index (χ1) is 14.3. The fourth-order valence-electron chi connectivity index (χ4n) is 4.44. The molecule has 0 radical (unpaired) electrons. The molecule has 5 rings (SSSR count). The van der Waals surface area contributed by atoms with Crippen LogP contribution in [0.2, 0.25) is 0 Å². The lowest BCUT2D eigenvalue weighted by atomic mass is 9.94. The summed E-state index contributed by atoms with van der Waals surface area (Å²) >= 11 is 0. The van der Waals surface area contributed by atoms with E-state index in [2.05, 4.69) is 44.4 Å². The molecule has 1 atom stereocenters. The number of benzene rings is 1. The first-order valence-electron chi connectivity index (χ1n) is 10.3. The van der Waals surface area contributed by atoms with Gasteiger partial charge in [0.05, 0.1) is 5.69 Å². The Hall–Kier alpha value is -3.22. The van der Waals surface area contributed by atoms with Crippen LogP contribution in [0, 0.1) is 0 Å². The molecule has 1 saturated heterocycles. The first-order valence-corrected chi connectivity index (χ1v) is 10.3. The Bertz CT molecular complexity index is 1150. The molecule has 1 amide bonds. The zero-order chi connectivity index (χ0) is 19.6. The summed E-state index contributed by atoms with van der Waals surface area (Å²) in [5.41, 5.74) is 3.53. The zero-order valence-corrected chi connectivity index (χ0v) is 16.3. The van der Waals surface area contributed by atoms with E-state index in [1.807, 2.05) is 17.0 Å². The van der Waals surface area contributed by atoms with E-state index in [-0.39, 0.29) is 11.8 Å². The maximum Gasteiger partial charge on any atom is 0.252 e. The number of likely N-dealkylation sites (tertiary alicyclic amines) is 1. The van der Waals surface area contributed by atoms with Crippen LogP contribution in [0.25, 0.3) is 16.7 Å². The van der Waals surface area contributed by atoms with Crippen LogP contribution in [0.1, 0.15) is 42.9 Å². The summed E-state index contributed by atoms with van der Waals surface area (Å²) < 4.78 is 1.80. The Morgan fingerprint density at radius 1 is 1.21 bits per heavy atom. The number of hydrogen-bond donors (Lipinski definition) is 1. The maximum atomic E-state index is 12.9. The Labute approximate surface area is 168 Å². The van der Waals surface area contributed by atoms with E-state index >= 15 is 0 Å². The number of carbonyl (C=O) groups excluding carboxylic acids is 1. The molecule has 4 aromatic rings. The van der Waals surface area contributed by atoms with Crippen molar-refractivity contribution < 1.29 is 4.79 Å². The minimum absolute atomic E-state index is 0.249. The fraction of sp³-hybridized carbons (Fsp3) is 0.364. The van der Waals surface area contributed by atoms with Gasteiger partial charge in [-0.1, -0.05) is 18.2 Å². The van der Waals surface area contributed by atoms with Crippen LogP contribution in [0.3, 0.4) is 0 Å². The summed E-state index contributed by atoms with van der Waals surface area (Å²) in [6, 6.07) is 10.3. The number of aromatic amines is 1. The highest BCUT2D eigenvalue weighted by atomic mass is 16.2. The molecule has 0 saturated carbocycles. The van der Waals surface area contributed by atoms with Crippen LogP contribution in [0.5, 0.6) is 0 Å². The predicted molar refractivity (Wildman–Crippen MR) is 111 cm³/mol. The average Bonchev–Trinajstić information content (AvgIpc) is 3.41. The van der Waals surface area contributed by atoms with Crippen molar-refractivity contribution in [3.05, 3.63) is 60.3 Å². The SMILES string of the molecule is O=C(CCCc1c[nH]c2ccccc12)N1CCCC(c2ccnc3ncnn23)C1. The number of fused-ring (bicyclic) bond motifs is 2. The van der Waals surface area contributed by atoms with Gasteiger partial charge >= 0.3 is 0 Å². The molecular weight excluding hydrogens is 364 g/mol. The molecule has 148 valence electrons. The van der Waals surface area contributed by atoms with Gasteiger partial charge in [-0.3, -0.25) is 4.79 Å². The Morgan fingerprint density at radius 2 is 2.14 bits per heavy atom. The van der Waals surface area contributed by atoms with Crippen LogP contribution in [-0.4, -0.2) is 48.5 Å². The van der Waals surface area contributed by atoms with Crippen molar-refractivity contribution in [2.75, 3.05) is 13.1 Å². The molecule has 1 N–H and O–H groups in total. The van der Waals surface area contributed by atoms with Gasteiger partial charge in [0.25, 0.3) is 5.78 Å². The summed E-state index contributed by atoms with van der Waals surface area (Å²) in [5, 5.41) is 5.56. The topological polar surface area (TPSA) is 79.2 Å². The summed E-state index contributed by atoms with van der Waals surface area (Å²) in [7, 11) is 0. The molecule has 0 spiro atoms. The molecule has 0 aliphatic carbocycles. The number of rotatable bonds is 5. The number of hydrogen-bond acceptors (Lipinski definition) is 4. The molecule has 1 aliphatic rings. The minimum atomic E-state index is 0.249. The number of para-hydroxylation sites is 1. The van der Waals surface area contributed by atoms with Crippen molar-refractivity contribution in [1.29, 1.82) is 0 Å². The maximum absolute atomic E-state index is 12.9. The van der Waals surface area contributed by atoms with Gasteiger partial charge in [-0.05, 0) is 43.4 Å². The van der Waals surface area contributed by atoms with E-state index < -0.39 is 0 Å². The molecule has 0 bridgehead atoms. The van der Waals surface area contributed by atoms with Crippen LogP contribution in [0.15, 0.2) is 49.1 Å². The number of piperidine rings is 1. The van der Waals surface area contributed by atoms with Crippen LogP contribution in [0.4, 0.5) is 0 Å². The lowest BCUT2D eigenvalue weighted by Gasteiger charge is -2.33. The van der Waals surface area contributed by atoms with Gasteiger partial charge in [-0.25, -0.2) is 9.50 Å². The van der Waals surface area contributed by atoms with Gasteiger partial charge in [-0.15, -0.1) is 0 Å². The number of amides is 1. The van der Waals surface area contributed by atoms with Crippen molar-refractivity contribution in [2.45, 2.75) is 38.0 Å². The second-order valence-electron chi connectivity index (χ2n) is 7.73. The summed E-state index contributed by atoms with van der Waals surface area (Å²) in [6.07, 6.45) is 9.81. The van der Waals surface area contributed by atoms with E-state index in [1.165, 1.54) is 17.3 Å². The molecule has 29 heavy (non-hydrogen) atoms. The van der Waals surface area contributed by atoms with Gasteiger partial charge in [0.1, 0.15) is 6.33 Å². The average molecular weight is 388 g/mol. The first kappa shape index (κ1) is 17.8. The number of nitrogens with one attached hydrogen (secondary N) is 1. The van der Waals surface area contributed by atoms with E-state index in [0.29, 0.717) is 12.2 Å². The molecule has 1 unspecified atom stereocenters. The predicted octanol–water partition coefficient (Wildman–Crippen LogP) is 3.33. The molecule has 7 heteroatoms. The highest BCUT2D eigenvalue weighted by molar-refractivity contribution is 5.83. The van der Waals surface area contributed by atoms with E-state index in [4.69, 9.17) is 0 Å². The lowest BCUT2D eigenvalue weighted by molar-refractivity contribution is -0.132. The standard InChI is InChI=1S/C22H24N6O/c29-21(9-3-5-16-13-24-19-8-2-1-7-18(16)19)27-12-4-6-17(14-27)20-10-11-23-22-25-15-26-28(20)22/h1-2,7-8,10-11,13,15,17,24H,3-6,9,12,14H2. The van der Waals surface area contributed by atoms with Crippen LogP contribution >= 0.6 is 0 Å². The number of aromatic nitrogens is 5. The van der Waals surface area contributed by atoms with Crippen molar-refractivity contribution >= 4 is 22.6 Å². The van der Waals surface area contributed by atoms with Gasteiger partial charge in [0, 0.05) is 48.7 Å². The van der Waals surface area contributed by atoms with Crippen molar-refractivity contribution in [3.8, 4) is 0 Å². The highest BCUT2D eigenvalue weighted by Crippen LogP contribution is 2.27. The fourth-order valence-corrected chi connectivity index (χ4v) is 4.44. The molecule has 1 fully saturated rings. The Kier molecular flexibility index (Phi) is 4.71. The second-order valence-corrected chi connectivity index (χ2v) is 7.73. The van der Waals surface area contributed by atoms with Crippen LogP contribution < -0.4 is 0 Å². The van der Waals surface area contributed by atoms with Gasteiger partial charge in [0.15, 0.2) is 0 Å². The molecular formula is C22H24N6O. The van der Waals surface area contributed by atoms with Gasteiger partial charge in [-0.2, -0.15) is 10.1 Å². The minimum Gasteiger partial charge on any atom is -0.361 e. The Balaban J connectivity index is 1.21. The number of nitrogens with zero attached hydrogens (tertiary/aromatic N) is 5. The molecule has 4 heterocycles. The van der Waals surface area contributed by atoms with E-state index in [9.17, 15) is 4.79 Å². The third-order valence-corrected chi connectivity index (χ3v) is 5.91. The van der Waals surface area contributed by atoms with Crippen LogP contribution in [-0.2, 0) is 11.2 Å². The number of aryl methyl sites for hydroxylation is 1. The quantitative estimate of drug-likeness (QED) is 0.569. The van der Waals surface area contributed by atoms with E-state index in [0.717, 1.165) is 50.0 Å². The molecule has 1 aromatic carbocycles. The number of H-pyrrole nitrogens is 1.